The molecule has 5 heteroatoms. The van der Waals surface area contributed by atoms with Crippen molar-refractivity contribution in [1.82, 2.24) is 14.1 Å². The molecule has 0 spiro atoms. The van der Waals surface area contributed by atoms with E-state index in [0.717, 1.165) is 32.3 Å². The smallest absolute Gasteiger partial charge is 0.293 e. The maximum absolute atomic E-state index is 12.6. The van der Waals surface area contributed by atoms with Crippen LogP contribution in [0.5, 0.6) is 0 Å². The summed E-state index contributed by atoms with van der Waals surface area (Å²) in [5.41, 5.74) is 3.59. The minimum Gasteiger partial charge on any atom is -0.293 e. The molecule has 5 nitrogen and oxygen atoms in total. The number of aromatic nitrogens is 3. The number of hydrogen-bond acceptors (Lipinski definition) is 3. The maximum Gasteiger partial charge on any atom is 0.352 e. The van der Waals surface area contributed by atoms with Crippen LogP contribution in [-0.4, -0.2) is 14.1 Å². The topological polar surface area (TPSA) is 56.9 Å². The first-order valence-electron chi connectivity index (χ1n) is 8.07. The van der Waals surface area contributed by atoms with Gasteiger partial charge in [0.2, 0.25) is 0 Å². The van der Waals surface area contributed by atoms with Crippen molar-refractivity contribution in [1.29, 1.82) is 0 Å². The molecule has 2 aliphatic heterocycles. The van der Waals surface area contributed by atoms with Crippen LogP contribution < -0.4 is 11.2 Å². The number of hydrogen-bond donors (Lipinski definition) is 0. The zero-order valence-electron chi connectivity index (χ0n) is 14.3. The molecule has 0 aromatic heterocycles. The third kappa shape index (κ3) is 2.20. The molecular weight excluding hydrogens is 314 g/mol. The molecule has 124 valence electrons. The van der Waals surface area contributed by atoms with Crippen molar-refractivity contribution in [3.8, 4) is 17.1 Å². The fourth-order valence-electron chi connectivity index (χ4n) is 3.19. The van der Waals surface area contributed by atoms with Crippen LogP contribution >= 0.6 is 0 Å². The van der Waals surface area contributed by atoms with Gasteiger partial charge in [-0.3, -0.25) is 13.9 Å². The molecule has 0 saturated carbocycles. The van der Waals surface area contributed by atoms with Gasteiger partial charge in [0.05, 0.1) is 16.8 Å². The number of pyridine rings is 1. The van der Waals surface area contributed by atoms with Gasteiger partial charge in [0.25, 0.3) is 5.56 Å². The Morgan fingerprint density at radius 1 is 0.960 bits per heavy atom. The molecule has 0 fully saturated rings. The van der Waals surface area contributed by atoms with Gasteiger partial charge in [-0.15, -0.1) is 0 Å². The van der Waals surface area contributed by atoms with Crippen molar-refractivity contribution in [3.05, 3.63) is 80.5 Å². The van der Waals surface area contributed by atoms with Gasteiger partial charge < -0.3 is 0 Å². The highest BCUT2D eigenvalue weighted by atomic mass is 16.2. The molecule has 0 N–H and O–H groups in total. The molecule has 0 saturated heterocycles. The molecule has 0 amide bonds. The number of aryl methyl sites for hydroxylation is 1. The predicted molar refractivity (Wildman–Crippen MR) is 98.7 cm³/mol. The Hall–Kier alpha value is -3.21. The van der Waals surface area contributed by atoms with E-state index >= 15 is 0 Å². The summed E-state index contributed by atoms with van der Waals surface area (Å²) >= 11 is 0. The van der Waals surface area contributed by atoms with E-state index in [9.17, 15) is 9.59 Å². The van der Waals surface area contributed by atoms with Crippen LogP contribution in [0.25, 0.3) is 28.0 Å². The van der Waals surface area contributed by atoms with E-state index < -0.39 is 5.69 Å². The Kier molecular flexibility index (Phi) is 3.32. The first-order chi connectivity index (χ1) is 12.0. The van der Waals surface area contributed by atoms with Crippen molar-refractivity contribution in [3.63, 3.8) is 0 Å². The number of nitrogens with zero attached hydrogens (tertiary/aromatic N) is 3. The molecule has 2 aromatic rings. The fraction of sp³-hybridized carbons (Fsp3) is 0.150. The van der Waals surface area contributed by atoms with Crippen LogP contribution in [0.3, 0.4) is 0 Å². The van der Waals surface area contributed by atoms with Crippen LogP contribution in [0, 0.1) is 13.8 Å². The maximum atomic E-state index is 12.6. The Labute approximate surface area is 144 Å². The second-order valence-electron chi connectivity index (χ2n) is 6.25. The summed E-state index contributed by atoms with van der Waals surface area (Å²) in [6, 6.07) is 15.6. The van der Waals surface area contributed by atoms with Crippen molar-refractivity contribution in [2.24, 2.45) is 7.05 Å². The molecule has 2 aromatic carbocycles. The lowest BCUT2D eigenvalue weighted by Gasteiger charge is -2.20. The summed E-state index contributed by atoms with van der Waals surface area (Å²) in [4.78, 5) is 29.0. The molecule has 0 bridgehead atoms. The molecule has 0 unspecified atom stereocenters. The lowest BCUT2D eigenvalue weighted by molar-refractivity contribution is 0.766. The Morgan fingerprint density at radius 2 is 1.72 bits per heavy atom. The third-order valence-corrected chi connectivity index (χ3v) is 4.77. The Morgan fingerprint density at radius 3 is 2.52 bits per heavy atom. The molecule has 0 atom stereocenters. The van der Waals surface area contributed by atoms with E-state index in [4.69, 9.17) is 0 Å². The molecule has 25 heavy (non-hydrogen) atoms. The Bertz CT molecular complexity index is 1220. The normalized spacial score (nSPS) is 11.3. The van der Waals surface area contributed by atoms with Crippen LogP contribution in [0.2, 0.25) is 0 Å². The zero-order chi connectivity index (χ0) is 17.7. The predicted octanol–water partition coefficient (Wildman–Crippen LogP) is 2.81. The van der Waals surface area contributed by atoms with Crippen LogP contribution in [-0.2, 0) is 7.05 Å². The van der Waals surface area contributed by atoms with E-state index in [1.54, 1.807) is 6.07 Å². The largest absolute Gasteiger partial charge is 0.352 e. The number of fused-ring (bicyclic) bond motifs is 2. The van der Waals surface area contributed by atoms with Gasteiger partial charge in [0.1, 0.15) is 0 Å². The summed E-state index contributed by atoms with van der Waals surface area (Å²) in [5.74, 6) is 0.389. The summed E-state index contributed by atoms with van der Waals surface area (Å²) in [6.45, 7) is 4.07. The molecule has 4 rings (SSSR count). The van der Waals surface area contributed by atoms with Crippen molar-refractivity contribution in [2.75, 3.05) is 0 Å². The minimum atomic E-state index is -0.549. The molecule has 2 heterocycles. The molecular formula is C20H17N3O2. The average Bonchev–Trinajstić information content (AvgIpc) is 2.61. The van der Waals surface area contributed by atoms with Crippen molar-refractivity contribution >= 4 is 10.9 Å². The highest BCUT2D eigenvalue weighted by molar-refractivity contribution is 5.87. The van der Waals surface area contributed by atoms with Gasteiger partial charge in [-0.25, -0.2) is 4.79 Å². The highest BCUT2D eigenvalue weighted by Crippen LogP contribution is 2.29. The van der Waals surface area contributed by atoms with Gasteiger partial charge in [-0.2, -0.15) is 4.98 Å². The number of benzene rings is 2. The van der Waals surface area contributed by atoms with Crippen LogP contribution in [0.1, 0.15) is 11.1 Å². The minimum absolute atomic E-state index is 0.334. The Balaban J connectivity index is 2.30. The van der Waals surface area contributed by atoms with E-state index in [1.807, 2.05) is 60.9 Å². The van der Waals surface area contributed by atoms with Crippen molar-refractivity contribution < 1.29 is 0 Å². The van der Waals surface area contributed by atoms with Gasteiger partial charge in [-0.1, -0.05) is 30.3 Å². The molecule has 0 aliphatic carbocycles. The first-order valence-corrected chi connectivity index (χ1v) is 8.07. The fourth-order valence-corrected chi connectivity index (χ4v) is 3.19. The quantitative estimate of drug-likeness (QED) is 0.504. The van der Waals surface area contributed by atoms with Gasteiger partial charge in [0, 0.05) is 7.05 Å². The summed E-state index contributed by atoms with van der Waals surface area (Å²) in [6.07, 6.45) is 0. The van der Waals surface area contributed by atoms with Crippen molar-refractivity contribution in [2.45, 2.75) is 13.8 Å². The lowest BCUT2D eigenvalue weighted by atomic mass is 10.0. The van der Waals surface area contributed by atoms with E-state index in [-0.39, 0.29) is 5.56 Å². The summed E-state index contributed by atoms with van der Waals surface area (Å²) in [7, 11) is 1.45. The molecule has 2 aliphatic rings. The molecule has 0 radical (unpaired) electrons. The zero-order valence-corrected chi connectivity index (χ0v) is 14.3. The average molecular weight is 331 g/mol. The van der Waals surface area contributed by atoms with Gasteiger partial charge in [0.15, 0.2) is 5.82 Å². The van der Waals surface area contributed by atoms with Gasteiger partial charge >= 0.3 is 5.69 Å². The number of para-hydroxylation sites is 1. The SMILES string of the molecule is Cc1cccc(-n2c3nc(=O)n(C)c(=O)c-3cc3ccccc32)c1C. The van der Waals surface area contributed by atoms with E-state index in [2.05, 4.69) is 4.98 Å². The monoisotopic (exact) mass is 331 g/mol. The third-order valence-electron chi connectivity index (χ3n) is 4.77. The van der Waals surface area contributed by atoms with Gasteiger partial charge in [-0.05, 0) is 48.6 Å². The second kappa shape index (κ2) is 5.41. The second-order valence-corrected chi connectivity index (χ2v) is 6.25. The van der Waals surface area contributed by atoms with E-state index in [0.29, 0.717) is 11.4 Å². The first kappa shape index (κ1) is 15.3. The lowest BCUT2D eigenvalue weighted by Crippen LogP contribution is -2.35. The summed E-state index contributed by atoms with van der Waals surface area (Å²) in [5, 5.41) is 0.924. The highest BCUT2D eigenvalue weighted by Gasteiger charge is 2.20. The number of rotatable bonds is 1. The van der Waals surface area contributed by atoms with Crippen LogP contribution in [0.4, 0.5) is 0 Å². The standard InChI is InChI=1S/C20H17N3O2/c1-12-7-6-10-16(13(12)2)23-17-9-5-4-8-14(17)11-15-18(23)21-20(25)22(3)19(15)24/h4-11H,1-3H3. The summed E-state index contributed by atoms with van der Waals surface area (Å²) < 4.78 is 2.96. The van der Waals surface area contributed by atoms with Crippen LogP contribution in [0.15, 0.2) is 58.1 Å². The van der Waals surface area contributed by atoms with E-state index in [1.165, 1.54) is 7.05 Å².